The van der Waals surface area contributed by atoms with Crippen molar-refractivity contribution in [1.29, 1.82) is 0 Å². The van der Waals surface area contributed by atoms with Crippen LogP contribution in [0.25, 0.3) is 0 Å². The van der Waals surface area contributed by atoms with Crippen molar-refractivity contribution in [2.45, 2.75) is 13.8 Å². The number of hydrogen-bond acceptors (Lipinski definition) is 3. The van der Waals surface area contributed by atoms with E-state index in [1.54, 1.807) is 18.2 Å². The van der Waals surface area contributed by atoms with Crippen molar-refractivity contribution in [3.8, 4) is 11.5 Å². The molecule has 0 aliphatic carbocycles. The Labute approximate surface area is 83.6 Å². The van der Waals surface area contributed by atoms with Gasteiger partial charge in [0.25, 0.3) is 0 Å². The summed E-state index contributed by atoms with van der Waals surface area (Å²) in [6.07, 6.45) is 1.68. The lowest BCUT2D eigenvalue weighted by atomic mass is 10.2. The van der Waals surface area contributed by atoms with Crippen molar-refractivity contribution in [3.63, 3.8) is 0 Å². The van der Waals surface area contributed by atoms with E-state index in [1.165, 1.54) is 0 Å². The molecule has 1 aliphatic heterocycles. The molecule has 3 heteroatoms. The molecule has 0 atom stereocenters. The van der Waals surface area contributed by atoms with Gasteiger partial charge in [0.05, 0.1) is 13.2 Å². The van der Waals surface area contributed by atoms with Gasteiger partial charge in [-0.05, 0) is 18.2 Å². The van der Waals surface area contributed by atoms with Crippen LogP contribution in [-0.2, 0) is 0 Å². The Balaban J connectivity index is 0.000000980. The highest BCUT2D eigenvalue weighted by Crippen LogP contribution is 2.29. The largest absolute Gasteiger partial charge is 0.490 e. The molecule has 0 radical (unpaired) electrons. The minimum Gasteiger partial charge on any atom is -0.490 e. The lowest BCUT2D eigenvalue weighted by molar-refractivity contribution is 0.112. The van der Waals surface area contributed by atoms with Crippen LogP contribution in [-0.4, -0.2) is 19.5 Å². The van der Waals surface area contributed by atoms with Crippen LogP contribution in [0.3, 0.4) is 0 Å². The first-order valence-corrected chi connectivity index (χ1v) is 4.25. The van der Waals surface area contributed by atoms with Crippen LogP contribution in [0.4, 0.5) is 0 Å². The Morgan fingerprint density at radius 3 is 2.57 bits per heavy atom. The molecule has 0 saturated heterocycles. The van der Waals surface area contributed by atoms with E-state index in [9.17, 15) is 4.79 Å². The quantitative estimate of drug-likeness (QED) is 0.643. The van der Waals surface area contributed by atoms with E-state index in [2.05, 4.69) is 0 Å². The normalized spacial score (nSPS) is 13.7. The van der Waals surface area contributed by atoms with Crippen molar-refractivity contribution >= 4 is 6.29 Å². The van der Waals surface area contributed by atoms with Gasteiger partial charge in [-0.1, -0.05) is 7.43 Å². The second kappa shape index (κ2) is 4.65. The summed E-state index contributed by atoms with van der Waals surface area (Å²) >= 11 is 0. The molecular weight excluding hydrogens is 180 g/mol. The maximum Gasteiger partial charge on any atom is 0.161 e. The summed E-state index contributed by atoms with van der Waals surface area (Å²) in [6, 6.07) is 5.19. The van der Waals surface area contributed by atoms with Gasteiger partial charge in [-0.2, -0.15) is 0 Å². The Hall–Kier alpha value is -1.51. The minimum absolute atomic E-state index is 0. The first-order valence-electron chi connectivity index (χ1n) is 4.25. The first kappa shape index (κ1) is 10.6. The highest BCUT2D eigenvalue weighted by Gasteiger charge is 2.09. The fourth-order valence-electron chi connectivity index (χ4n) is 1.25. The maximum atomic E-state index is 10.5. The molecule has 1 aromatic carbocycles. The summed E-state index contributed by atoms with van der Waals surface area (Å²) in [5, 5.41) is 0. The van der Waals surface area contributed by atoms with Crippen molar-refractivity contribution in [3.05, 3.63) is 23.8 Å². The van der Waals surface area contributed by atoms with Crippen molar-refractivity contribution in [2.24, 2.45) is 0 Å². The minimum atomic E-state index is 0. The molecule has 1 aromatic rings. The Kier molecular flexibility index (Phi) is 3.51. The number of fused-ring (bicyclic) bond motifs is 1. The van der Waals surface area contributed by atoms with Crippen LogP contribution >= 0.6 is 0 Å². The molecular formula is C11H14O3. The topological polar surface area (TPSA) is 35.5 Å². The van der Waals surface area contributed by atoms with Gasteiger partial charge < -0.3 is 9.47 Å². The maximum absolute atomic E-state index is 10.5. The van der Waals surface area contributed by atoms with Gasteiger partial charge in [-0.3, -0.25) is 4.79 Å². The summed E-state index contributed by atoms with van der Waals surface area (Å²) in [5.41, 5.74) is 0.615. The Morgan fingerprint density at radius 2 is 1.86 bits per heavy atom. The Morgan fingerprint density at radius 1 is 1.14 bits per heavy atom. The van der Waals surface area contributed by atoms with E-state index < -0.39 is 0 Å². The first-order chi connectivity index (χ1) is 6.40. The van der Waals surface area contributed by atoms with Gasteiger partial charge >= 0.3 is 0 Å². The molecule has 0 unspecified atom stereocenters. The lowest BCUT2D eigenvalue weighted by Crippen LogP contribution is -1.97. The van der Waals surface area contributed by atoms with Crippen LogP contribution in [0.2, 0.25) is 0 Å². The van der Waals surface area contributed by atoms with Crippen molar-refractivity contribution in [2.75, 3.05) is 13.2 Å². The molecule has 2 rings (SSSR count). The molecule has 0 amide bonds. The monoisotopic (exact) mass is 194 g/mol. The second-order valence-corrected chi connectivity index (χ2v) is 2.87. The molecule has 14 heavy (non-hydrogen) atoms. The average Bonchev–Trinajstić information content (AvgIpc) is 2.41. The summed E-state index contributed by atoms with van der Waals surface area (Å²) < 4.78 is 10.8. The van der Waals surface area contributed by atoms with Crippen molar-refractivity contribution < 1.29 is 14.3 Å². The van der Waals surface area contributed by atoms with Crippen LogP contribution in [0.1, 0.15) is 24.2 Å². The standard InChI is InChI=1S/C10H10O3.CH4/c11-7-8-2-3-9-10(6-8)13-5-1-4-12-9;/h2-3,6-7H,1,4-5H2;1H4. The number of rotatable bonds is 1. The average molecular weight is 194 g/mol. The van der Waals surface area contributed by atoms with Crippen molar-refractivity contribution in [1.82, 2.24) is 0 Å². The third kappa shape index (κ3) is 2.05. The van der Waals surface area contributed by atoms with Gasteiger partial charge in [-0.15, -0.1) is 0 Å². The highest BCUT2D eigenvalue weighted by atomic mass is 16.5. The lowest BCUT2D eigenvalue weighted by Gasteiger charge is -2.06. The number of ether oxygens (including phenoxy) is 2. The fourth-order valence-corrected chi connectivity index (χ4v) is 1.25. The van der Waals surface area contributed by atoms with Gasteiger partial charge in [0, 0.05) is 12.0 Å². The van der Waals surface area contributed by atoms with Crippen LogP contribution in [0.5, 0.6) is 11.5 Å². The van der Waals surface area contributed by atoms with E-state index in [0.29, 0.717) is 24.5 Å². The van der Waals surface area contributed by atoms with E-state index >= 15 is 0 Å². The molecule has 0 spiro atoms. The number of hydrogen-bond donors (Lipinski definition) is 0. The van der Waals surface area contributed by atoms with Gasteiger partial charge in [-0.25, -0.2) is 0 Å². The molecule has 0 fully saturated rings. The third-order valence-electron chi connectivity index (χ3n) is 1.91. The summed E-state index contributed by atoms with van der Waals surface area (Å²) in [7, 11) is 0. The third-order valence-corrected chi connectivity index (χ3v) is 1.91. The van der Waals surface area contributed by atoms with Crippen LogP contribution < -0.4 is 9.47 Å². The van der Waals surface area contributed by atoms with Gasteiger partial charge in [0.1, 0.15) is 6.29 Å². The smallest absolute Gasteiger partial charge is 0.161 e. The van der Waals surface area contributed by atoms with Gasteiger partial charge in [0.15, 0.2) is 11.5 Å². The molecule has 0 saturated carbocycles. The second-order valence-electron chi connectivity index (χ2n) is 2.87. The number of benzene rings is 1. The van der Waals surface area contributed by atoms with E-state index in [1.807, 2.05) is 0 Å². The predicted octanol–water partition coefficient (Wildman–Crippen LogP) is 2.30. The zero-order valence-electron chi connectivity index (χ0n) is 7.16. The molecule has 1 heterocycles. The predicted molar refractivity (Wildman–Crippen MR) is 54.2 cm³/mol. The molecule has 0 bridgehead atoms. The molecule has 1 aliphatic rings. The summed E-state index contributed by atoms with van der Waals surface area (Å²) in [6.45, 7) is 1.32. The Bertz CT molecular complexity index is 320. The zero-order chi connectivity index (χ0) is 9.10. The number of carbonyl (C=O) groups is 1. The van der Waals surface area contributed by atoms with Crippen LogP contribution in [0, 0.1) is 0 Å². The summed E-state index contributed by atoms with van der Waals surface area (Å²) in [4.78, 5) is 10.5. The molecule has 0 aromatic heterocycles. The number of carbonyl (C=O) groups excluding carboxylic acids is 1. The SMILES string of the molecule is C.O=Cc1ccc2c(c1)OCCCO2. The van der Waals surface area contributed by atoms with Gasteiger partial charge in [0.2, 0.25) is 0 Å². The van der Waals surface area contributed by atoms with E-state index in [0.717, 1.165) is 18.5 Å². The zero-order valence-corrected chi connectivity index (χ0v) is 7.16. The summed E-state index contributed by atoms with van der Waals surface area (Å²) in [5.74, 6) is 1.39. The molecule has 0 N–H and O–H groups in total. The van der Waals surface area contributed by atoms with Crippen LogP contribution in [0.15, 0.2) is 18.2 Å². The fraction of sp³-hybridized carbons (Fsp3) is 0.364. The highest BCUT2D eigenvalue weighted by molar-refractivity contribution is 5.76. The van der Waals surface area contributed by atoms with E-state index in [4.69, 9.17) is 9.47 Å². The number of aldehydes is 1. The van der Waals surface area contributed by atoms with E-state index in [-0.39, 0.29) is 7.43 Å². The molecule has 76 valence electrons. The molecule has 3 nitrogen and oxygen atoms in total.